The highest BCUT2D eigenvalue weighted by Crippen LogP contribution is 2.21. The van der Waals surface area contributed by atoms with Gasteiger partial charge in [-0.15, -0.1) is 0 Å². The maximum Gasteiger partial charge on any atom is 0.251 e. The molecular formula is C18H27N3O2. The molecule has 2 atom stereocenters. The van der Waals surface area contributed by atoms with Gasteiger partial charge in [0, 0.05) is 39.3 Å². The Morgan fingerprint density at radius 1 is 1.26 bits per heavy atom. The van der Waals surface area contributed by atoms with Crippen LogP contribution in [0.4, 0.5) is 0 Å². The zero-order valence-electron chi connectivity index (χ0n) is 13.9. The van der Waals surface area contributed by atoms with Crippen LogP contribution < -0.4 is 5.73 Å². The highest BCUT2D eigenvalue weighted by Gasteiger charge is 2.34. The molecule has 23 heavy (non-hydrogen) atoms. The third-order valence-corrected chi connectivity index (χ3v) is 4.82. The van der Waals surface area contributed by atoms with E-state index in [9.17, 15) is 4.79 Å². The van der Waals surface area contributed by atoms with E-state index in [1.807, 2.05) is 4.90 Å². The van der Waals surface area contributed by atoms with Crippen molar-refractivity contribution in [2.75, 3.05) is 32.7 Å². The van der Waals surface area contributed by atoms with E-state index in [4.69, 9.17) is 10.5 Å². The second-order valence-electron chi connectivity index (χ2n) is 6.65. The van der Waals surface area contributed by atoms with E-state index in [-0.39, 0.29) is 18.1 Å². The number of amides is 1. The number of hydrogen-bond donors (Lipinski definition) is 1. The Morgan fingerprint density at radius 3 is 2.70 bits per heavy atom. The minimum absolute atomic E-state index is 0.0616. The molecule has 2 aliphatic rings. The Balaban J connectivity index is 1.47. The van der Waals surface area contributed by atoms with Crippen LogP contribution >= 0.6 is 0 Å². The zero-order valence-corrected chi connectivity index (χ0v) is 13.9. The molecule has 1 amide bonds. The number of carbonyl (C=O) groups excluding carboxylic acids is 1. The predicted molar refractivity (Wildman–Crippen MR) is 90.0 cm³/mol. The van der Waals surface area contributed by atoms with Gasteiger partial charge in [-0.05, 0) is 25.3 Å². The quantitative estimate of drug-likeness (QED) is 0.905. The van der Waals surface area contributed by atoms with Gasteiger partial charge >= 0.3 is 0 Å². The maximum atomic E-state index is 12.5. The number of rotatable bonds is 4. The molecule has 0 radical (unpaired) electrons. The summed E-state index contributed by atoms with van der Waals surface area (Å²) in [5, 5.41) is 0. The number of carbonyl (C=O) groups is 1. The van der Waals surface area contributed by atoms with Gasteiger partial charge in [0.2, 0.25) is 0 Å². The fourth-order valence-corrected chi connectivity index (χ4v) is 3.46. The molecule has 0 spiro atoms. The van der Waals surface area contributed by atoms with Gasteiger partial charge in [-0.2, -0.15) is 0 Å². The Morgan fingerprint density at radius 2 is 2.04 bits per heavy atom. The molecule has 2 saturated heterocycles. The maximum absolute atomic E-state index is 12.5. The summed E-state index contributed by atoms with van der Waals surface area (Å²) in [6.07, 6.45) is 1.50. The molecule has 126 valence electrons. The normalized spacial score (nSPS) is 25.7. The van der Waals surface area contributed by atoms with E-state index in [2.05, 4.69) is 36.1 Å². The highest BCUT2D eigenvalue weighted by atomic mass is 16.5. The van der Waals surface area contributed by atoms with Crippen molar-refractivity contribution in [2.45, 2.75) is 38.5 Å². The number of hydrogen-bond acceptors (Lipinski definition) is 4. The van der Waals surface area contributed by atoms with Crippen molar-refractivity contribution in [3.63, 3.8) is 0 Å². The second-order valence-corrected chi connectivity index (χ2v) is 6.65. The van der Waals surface area contributed by atoms with Crippen LogP contribution in [0, 0.1) is 6.92 Å². The summed E-state index contributed by atoms with van der Waals surface area (Å²) in [5.41, 5.74) is 8.26. The third kappa shape index (κ3) is 4.10. The van der Waals surface area contributed by atoms with Crippen LogP contribution in [0.15, 0.2) is 24.3 Å². The Hall–Kier alpha value is -1.43. The van der Waals surface area contributed by atoms with Crippen LogP contribution in [-0.2, 0) is 16.1 Å². The Bertz CT molecular complexity index is 541. The van der Waals surface area contributed by atoms with Gasteiger partial charge in [0.15, 0.2) is 0 Å². The predicted octanol–water partition coefficient (Wildman–Crippen LogP) is 1.15. The first kappa shape index (κ1) is 16.4. The van der Waals surface area contributed by atoms with E-state index in [0.29, 0.717) is 6.54 Å². The molecule has 5 nitrogen and oxygen atoms in total. The number of nitrogens with zero attached hydrogens (tertiary/aromatic N) is 2. The first-order chi connectivity index (χ1) is 11.2. The highest BCUT2D eigenvalue weighted by molar-refractivity contribution is 5.81. The molecule has 2 aliphatic heterocycles. The summed E-state index contributed by atoms with van der Waals surface area (Å²) in [7, 11) is 0. The molecule has 2 heterocycles. The molecule has 1 aromatic carbocycles. The summed E-state index contributed by atoms with van der Waals surface area (Å²) >= 11 is 0. The molecule has 0 aliphatic carbocycles. The van der Waals surface area contributed by atoms with Crippen molar-refractivity contribution in [3.05, 3.63) is 35.4 Å². The number of nitrogens with two attached hydrogens (primary N) is 1. The fourth-order valence-electron chi connectivity index (χ4n) is 3.46. The van der Waals surface area contributed by atoms with Gasteiger partial charge < -0.3 is 15.4 Å². The summed E-state index contributed by atoms with van der Waals surface area (Å²) in [6, 6.07) is 8.63. The lowest BCUT2D eigenvalue weighted by atomic mass is 10.1. The van der Waals surface area contributed by atoms with E-state index in [1.54, 1.807) is 0 Å². The number of benzene rings is 1. The lowest BCUT2D eigenvalue weighted by molar-refractivity contribution is -0.144. The molecule has 0 aromatic heterocycles. The number of piperazine rings is 1. The minimum Gasteiger partial charge on any atom is -0.364 e. The first-order valence-electron chi connectivity index (χ1n) is 8.58. The first-order valence-corrected chi connectivity index (χ1v) is 8.58. The van der Waals surface area contributed by atoms with Crippen molar-refractivity contribution >= 4 is 5.91 Å². The topological polar surface area (TPSA) is 58.8 Å². The van der Waals surface area contributed by atoms with Crippen LogP contribution in [0.5, 0.6) is 0 Å². The summed E-state index contributed by atoms with van der Waals surface area (Å²) in [6.45, 7) is 7.01. The molecule has 1 aromatic rings. The van der Waals surface area contributed by atoms with Gasteiger partial charge in [-0.1, -0.05) is 29.8 Å². The van der Waals surface area contributed by atoms with E-state index >= 15 is 0 Å². The average molecular weight is 317 g/mol. The smallest absolute Gasteiger partial charge is 0.251 e. The summed E-state index contributed by atoms with van der Waals surface area (Å²) in [4.78, 5) is 16.9. The monoisotopic (exact) mass is 317 g/mol. The Kier molecular flexibility index (Phi) is 5.30. The van der Waals surface area contributed by atoms with Crippen LogP contribution in [0.25, 0.3) is 0 Å². The lowest BCUT2D eigenvalue weighted by Gasteiger charge is -2.35. The molecule has 2 fully saturated rings. The molecule has 3 rings (SSSR count). The SMILES string of the molecule is Cc1cccc(CN2CCN(C(=O)[C@@H]3CC[C@H](CN)O3)CC2)c1. The molecule has 0 saturated carbocycles. The van der Waals surface area contributed by atoms with Gasteiger partial charge in [0.25, 0.3) is 5.91 Å². The summed E-state index contributed by atoms with van der Waals surface area (Å²) < 4.78 is 5.73. The van der Waals surface area contributed by atoms with Crippen molar-refractivity contribution < 1.29 is 9.53 Å². The molecular weight excluding hydrogens is 290 g/mol. The van der Waals surface area contributed by atoms with E-state index in [1.165, 1.54) is 11.1 Å². The van der Waals surface area contributed by atoms with Crippen molar-refractivity contribution in [1.29, 1.82) is 0 Å². The third-order valence-electron chi connectivity index (χ3n) is 4.82. The number of aryl methyl sites for hydroxylation is 1. The van der Waals surface area contributed by atoms with Gasteiger partial charge in [0.1, 0.15) is 6.10 Å². The van der Waals surface area contributed by atoms with E-state index < -0.39 is 0 Å². The van der Waals surface area contributed by atoms with Crippen LogP contribution in [0.1, 0.15) is 24.0 Å². The molecule has 0 unspecified atom stereocenters. The minimum atomic E-state index is -0.271. The van der Waals surface area contributed by atoms with Crippen LogP contribution in [-0.4, -0.2) is 60.6 Å². The summed E-state index contributed by atoms with van der Waals surface area (Å²) in [5.74, 6) is 0.149. The van der Waals surface area contributed by atoms with Crippen LogP contribution in [0.2, 0.25) is 0 Å². The van der Waals surface area contributed by atoms with Crippen LogP contribution in [0.3, 0.4) is 0 Å². The van der Waals surface area contributed by atoms with Crippen molar-refractivity contribution in [3.8, 4) is 0 Å². The lowest BCUT2D eigenvalue weighted by Crippen LogP contribution is -2.51. The largest absolute Gasteiger partial charge is 0.364 e. The van der Waals surface area contributed by atoms with Crippen molar-refractivity contribution in [2.24, 2.45) is 5.73 Å². The standard InChI is InChI=1S/C18H27N3O2/c1-14-3-2-4-15(11-14)13-20-7-9-21(10-8-20)18(22)17-6-5-16(12-19)23-17/h2-4,11,16-17H,5-10,12-13,19H2,1H3/t16-,17+/m1/s1. The van der Waals surface area contributed by atoms with Gasteiger partial charge in [-0.3, -0.25) is 9.69 Å². The fraction of sp³-hybridized carbons (Fsp3) is 0.611. The zero-order chi connectivity index (χ0) is 16.2. The van der Waals surface area contributed by atoms with Gasteiger partial charge in [0.05, 0.1) is 6.10 Å². The molecule has 2 N–H and O–H groups in total. The van der Waals surface area contributed by atoms with Crippen molar-refractivity contribution in [1.82, 2.24) is 9.80 Å². The average Bonchev–Trinajstić information content (AvgIpc) is 3.04. The Labute approximate surface area is 138 Å². The molecule has 0 bridgehead atoms. The van der Waals surface area contributed by atoms with E-state index in [0.717, 1.165) is 45.6 Å². The molecule has 5 heteroatoms. The van der Waals surface area contributed by atoms with Gasteiger partial charge in [-0.25, -0.2) is 0 Å². The second kappa shape index (κ2) is 7.43. The number of ether oxygens (including phenoxy) is 1.